The molecule has 31 heavy (non-hydrogen) atoms. The Hall–Kier alpha value is -3.73. The minimum Gasteiger partial charge on any atom is -0.497 e. The number of benzene rings is 1. The predicted octanol–water partition coefficient (Wildman–Crippen LogP) is 2.94. The molecule has 8 nitrogen and oxygen atoms in total. The summed E-state index contributed by atoms with van der Waals surface area (Å²) in [6.07, 6.45) is -2.86. The van der Waals surface area contributed by atoms with E-state index in [0.717, 1.165) is 16.9 Å². The first kappa shape index (κ1) is 22.0. The van der Waals surface area contributed by atoms with Gasteiger partial charge in [0.05, 0.1) is 25.5 Å². The summed E-state index contributed by atoms with van der Waals surface area (Å²) < 4.78 is 41.9. The zero-order chi connectivity index (χ0) is 22.4. The van der Waals surface area contributed by atoms with Crippen molar-refractivity contribution in [1.29, 1.82) is 0 Å². The molecule has 0 fully saturated rings. The third-order valence-corrected chi connectivity index (χ3v) is 4.16. The van der Waals surface area contributed by atoms with Gasteiger partial charge in [-0.25, -0.2) is 15.0 Å². The zero-order valence-corrected chi connectivity index (χ0v) is 16.2. The van der Waals surface area contributed by atoms with Gasteiger partial charge in [-0.05, 0) is 29.8 Å². The van der Waals surface area contributed by atoms with Crippen LogP contribution in [0.1, 0.15) is 10.5 Å². The van der Waals surface area contributed by atoms with Crippen LogP contribution in [0.15, 0.2) is 55.0 Å². The van der Waals surface area contributed by atoms with E-state index in [1.165, 1.54) is 18.3 Å². The van der Waals surface area contributed by atoms with E-state index < -0.39 is 24.7 Å². The Morgan fingerprint density at radius 3 is 2.26 bits per heavy atom. The van der Waals surface area contributed by atoms with Crippen molar-refractivity contribution in [2.75, 3.05) is 19.0 Å². The SMILES string of the molecule is COc1ccc(-c2cnc(Nc3ccc(C(=O)NCC(O)C(F)(F)F)nc3)nc2)cc1. The van der Waals surface area contributed by atoms with Gasteiger partial charge in [-0.2, -0.15) is 13.2 Å². The molecule has 0 aliphatic carbocycles. The number of ether oxygens (including phenoxy) is 1. The monoisotopic (exact) mass is 433 g/mol. The van der Waals surface area contributed by atoms with Crippen LogP contribution in [0, 0.1) is 0 Å². The van der Waals surface area contributed by atoms with Crippen molar-refractivity contribution in [1.82, 2.24) is 20.3 Å². The molecular formula is C20H18F3N5O3. The molecule has 0 aliphatic heterocycles. The van der Waals surface area contributed by atoms with Crippen molar-refractivity contribution in [2.24, 2.45) is 0 Å². The lowest BCUT2D eigenvalue weighted by molar-refractivity contribution is -0.201. The maximum absolute atomic E-state index is 12.3. The second-order valence-corrected chi connectivity index (χ2v) is 6.35. The fraction of sp³-hybridized carbons (Fsp3) is 0.200. The highest BCUT2D eigenvalue weighted by Gasteiger charge is 2.38. The largest absolute Gasteiger partial charge is 0.497 e. The minimum absolute atomic E-state index is 0.101. The average Bonchev–Trinajstić information content (AvgIpc) is 2.77. The molecule has 1 atom stereocenters. The fourth-order valence-electron chi connectivity index (χ4n) is 2.45. The van der Waals surface area contributed by atoms with Crippen molar-refractivity contribution < 1.29 is 27.8 Å². The number of pyridine rings is 1. The first-order chi connectivity index (χ1) is 14.8. The molecule has 11 heteroatoms. The fourth-order valence-corrected chi connectivity index (χ4v) is 2.45. The van der Waals surface area contributed by atoms with Gasteiger partial charge in [-0.1, -0.05) is 12.1 Å². The van der Waals surface area contributed by atoms with Crippen molar-refractivity contribution in [2.45, 2.75) is 12.3 Å². The Morgan fingerprint density at radius 2 is 1.71 bits per heavy atom. The van der Waals surface area contributed by atoms with Gasteiger partial charge in [-0.15, -0.1) is 0 Å². The van der Waals surface area contributed by atoms with Crippen LogP contribution in [-0.4, -0.2) is 51.9 Å². The first-order valence-electron chi connectivity index (χ1n) is 8.99. The summed E-state index contributed by atoms with van der Waals surface area (Å²) in [6, 6.07) is 10.2. The van der Waals surface area contributed by atoms with Crippen LogP contribution in [0.2, 0.25) is 0 Å². The molecule has 2 aromatic heterocycles. The van der Waals surface area contributed by atoms with E-state index >= 15 is 0 Å². The summed E-state index contributed by atoms with van der Waals surface area (Å²) in [5.74, 6) is 0.198. The molecule has 1 aromatic carbocycles. The maximum Gasteiger partial charge on any atom is 0.416 e. The Labute approximate surface area is 175 Å². The number of amides is 1. The number of carbonyl (C=O) groups is 1. The quantitative estimate of drug-likeness (QED) is 0.526. The second kappa shape index (κ2) is 9.39. The van der Waals surface area contributed by atoms with Gasteiger partial charge < -0.3 is 20.5 Å². The molecule has 1 amide bonds. The number of hydrogen-bond donors (Lipinski definition) is 3. The van der Waals surface area contributed by atoms with Gasteiger partial charge in [0.25, 0.3) is 5.91 Å². The number of anilines is 2. The van der Waals surface area contributed by atoms with Gasteiger partial charge >= 0.3 is 6.18 Å². The van der Waals surface area contributed by atoms with Crippen molar-refractivity contribution in [3.05, 3.63) is 60.7 Å². The van der Waals surface area contributed by atoms with E-state index in [1.54, 1.807) is 19.5 Å². The van der Waals surface area contributed by atoms with Crippen LogP contribution in [0.5, 0.6) is 5.75 Å². The molecule has 1 unspecified atom stereocenters. The topological polar surface area (TPSA) is 109 Å². The van der Waals surface area contributed by atoms with Crippen LogP contribution in [0.25, 0.3) is 11.1 Å². The van der Waals surface area contributed by atoms with Gasteiger partial charge in [0.2, 0.25) is 5.95 Å². The van der Waals surface area contributed by atoms with E-state index in [9.17, 15) is 18.0 Å². The molecule has 162 valence electrons. The van der Waals surface area contributed by atoms with Crippen LogP contribution in [0.3, 0.4) is 0 Å². The number of alkyl halides is 3. The van der Waals surface area contributed by atoms with Crippen molar-refractivity contribution in [3.63, 3.8) is 0 Å². The van der Waals surface area contributed by atoms with Crippen molar-refractivity contribution >= 4 is 17.5 Å². The lowest BCUT2D eigenvalue weighted by Crippen LogP contribution is -2.40. The number of nitrogens with zero attached hydrogens (tertiary/aromatic N) is 3. The Kier molecular flexibility index (Phi) is 6.65. The number of hydrogen-bond acceptors (Lipinski definition) is 7. The molecule has 3 rings (SSSR count). The molecule has 2 heterocycles. The number of halogens is 3. The highest BCUT2D eigenvalue weighted by Crippen LogP contribution is 2.22. The average molecular weight is 433 g/mol. The Balaban J connectivity index is 1.58. The Morgan fingerprint density at radius 1 is 1.03 bits per heavy atom. The lowest BCUT2D eigenvalue weighted by atomic mass is 10.1. The summed E-state index contributed by atoms with van der Waals surface area (Å²) in [6.45, 7) is -0.960. The number of aliphatic hydroxyl groups excluding tert-OH is 1. The summed E-state index contributed by atoms with van der Waals surface area (Å²) in [4.78, 5) is 24.2. The number of rotatable bonds is 7. The van der Waals surface area contributed by atoms with E-state index in [1.807, 2.05) is 29.6 Å². The third kappa shape index (κ3) is 5.89. The molecule has 0 spiro atoms. The summed E-state index contributed by atoms with van der Waals surface area (Å²) in [5, 5.41) is 13.8. The second-order valence-electron chi connectivity index (χ2n) is 6.35. The number of nitrogens with one attached hydrogen (secondary N) is 2. The van der Waals surface area contributed by atoms with E-state index in [0.29, 0.717) is 11.6 Å². The van der Waals surface area contributed by atoms with Gasteiger partial charge in [0.1, 0.15) is 11.4 Å². The standard InChI is InChI=1S/C20H18F3N5O3/c1-31-15-5-2-12(3-6-15)13-8-26-19(27-9-13)28-14-4-7-16(24-10-14)18(30)25-11-17(29)20(21,22)23/h2-10,17,29H,11H2,1H3,(H,25,30)(H,26,27,28). The molecule has 0 aliphatic rings. The smallest absolute Gasteiger partial charge is 0.416 e. The summed E-state index contributed by atoms with van der Waals surface area (Å²) in [7, 11) is 1.59. The molecule has 0 radical (unpaired) electrons. The normalized spacial score (nSPS) is 12.2. The van der Waals surface area contributed by atoms with E-state index in [-0.39, 0.29) is 5.69 Å². The van der Waals surface area contributed by atoms with Crippen molar-refractivity contribution in [3.8, 4) is 16.9 Å². The third-order valence-electron chi connectivity index (χ3n) is 4.16. The van der Waals surface area contributed by atoms with Gasteiger partial charge in [-0.3, -0.25) is 4.79 Å². The van der Waals surface area contributed by atoms with Gasteiger partial charge in [0.15, 0.2) is 6.10 Å². The highest BCUT2D eigenvalue weighted by molar-refractivity contribution is 5.92. The zero-order valence-electron chi connectivity index (χ0n) is 16.2. The molecule has 0 bridgehead atoms. The van der Waals surface area contributed by atoms with Gasteiger partial charge in [0, 0.05) is 18.0 Å². The maximum atomic E-state index is 12.3. The number of carbonyl (C=O) groups excluding carboxylic acids is 1. The van der Waals surface area contributed by atoms with Crippen LogP contribution >= 0.6 is 0 Å². The first-order valence-corrected chi connectivity index (χ1v) is 8.99. The summed E-state index contributed by atoms with van der Waals surface area (Å²) in [5.41, 5.74) is 2.10. The lowest BCUT2D eigenvalue weighted by Gasteiger charge is -2.14. The van der Waals surface area contributed by atoms with Crippen LogP contribution in [0.4, 0.5) is 24.8 Å². The number of aromatic nitrogens is 3. The Bertz CT molecular complexity index is 1010. The minimum atomic E-state index is -4.81. The molecule has 0 saturated carbocycles. The van der Waals surface area contributed by atoms with E-state index in [2.05, 4.69) is 20.3 Å². The predicted molar refractivity (Wildman–Crippen MR) is 106 cm³/mol. The number of aliphatic hydroxyl groups is 1. The molecule has 0 saturated heterocycles. The van der Waals surface area contributed by atoms with E-state index in [4.69, 9.17) is 9.84 Å². The van der Waals surface area contributed by atoms with Crippen LogP contribution < -0.4 is 15.4 Å². The molecular weight excluding hydrogens is 415 g/mol. The molecule has 3 N–H and O–H groups in total. The number of methoxy groups -OCH3 is 1. The summed E-state index contributed by atoms with van der Waals surface area (Å²) >= 11 is 0. The highest BCUT2D eigenvalue weighted by atomic mass is 19.4. The van der Waals surface area contributed by atoms with Crippen LogP contribution in [-0.2, 0) is 0 Å². The molecule has 3 aromatic rings.